The van der Waals surface area contributed by atoms with Crippen LogP contribution in [-0.4, -0.2) is 18.3 Å². The van der Waals surface area contributed by atoms with Crippen molar-refractivity contribution >= 4 is 15.9 Å². The second-order valence-electron chi connectivity index (χ2n) is 5.68. The Hall–Kier alpha value is -0.480. The predicted molar refractivity (Wildman–Crippen MR) is 77.6 cm³/mol. The molecular formula is C15H20BrF2N. The van der Waals surface area contributed by atoms with Crippen LogP contribution in [0.5, 0.6) is 0 Å². The largest absolute Gasteiger partial charge is 0.314 e. The maximum atomic E-state index is 14.7. The molecule has 1 nitrogen and oxygen atoms in total. The quantitative estimate of drug-likeness (QED) is 0.862. The topological polar surface area (TPSA) is 12.0 Å². The summed E-state index contributed by atoms with van der Waals surface area (Å²) in [5.74, 6) is -0.301. The van der Waals surface area contributed by atoms with Gasteiger partial charge in [-0.2, -0.15) is 0 Å². The fourth-order valence-electron chi connectivity index (χ4n) is 2.75. The van der Waals surface area contributed by atoms with Crippen LogP contribution in [0.1, 0.15) is 38.2 Å². The maximum absolute atomic E-state index is 14.7. The van der Waals surface area contributed by atoms with Crippen LogP contribution in [0.25, 0.3) is 0 Å². The number of hydrogen-bond acceptors (Lipinski definition) is 1. The van der Waals surface area contributed by atoms with Crippen LogP contribution in [0.4, 0.5) is 8.78 Å². The van der Waals surface area contributed by atoms with Crippen molar-refractivity contribution < 1.29 is 8.78 Å². The van der Waals surface area contributed by atoms with Gasteiger partial charge in [-0.1, -0.05) is 28.4 Å². The van der Waals surface area contributed by atoms with Crippen molar-refractivity contribution in [3.8, 4) is 0 Å². The van der Waals surface area contributed by atoms with Crippen LogP contribution < -0.4 is 5.32 Å². The molecule has 2 unspecified atom stereocenters. The summed E-state index contributed by atoms with van der Waals surface area (Å²) in [5, 5.41) is 3.37. The zero-order valence-corrected chi connectivity index (χ0v) is 12.8. The van der Waals surface area contributed by atoms with E-state index in [1.165, 1.54) is 25.0 Å². The number of nitrogens with one attached hydrogen (secondary N) is 1. The van der Waals surface area contributed by atoms with Crippen LogP contribution in [0.2, 0.25) is 0 Å². The Morgan fingerprint density at radius 2 is 2.21 bits per heavy atom. The molecule has 0 bridgehead atoms. The van der Waals surface area contributed by atoms with E-state index in [2.05, 4.69) is 21.2 Å². The number of alkyl halides is 1. The van der Waals surface area contributed by atoms with Gasteiger partial charge in [-0.25, -0.2) is 8.78 Å². The van der Waals surface area contributed by atoms with E-state index in [1.807, 2.05) is 0 Å². The fraction of sp³-hybridized carbons (Fsp3) is 0.600. The van der Waals surface area contributed by atoms with E-state index in [9.17, 15) is 8.78 Å². The molecule has 0 radical (unpaired) electrons. The van der Waals surface area contributed by atoms with E-state index in [1.54, 1.807) is 13.0 Å². The van der Waals surface area contributed by atoms with Gasteiger partial charge in [0.05, 0.1) is 0 Å². The summed E-state index contributed by atoms with van der Waals surface area (Å²) in [7, 11) is 0. The first kappa shape index (κ1) is 14.9. The molecule has 1 saturated heterocycles. The monoisotopic (exact) mass is 331 g/mol. The maximum Gasteiger partial charge on any atom is 0.124 e. The van der Waals surface area contributed by atoms with Crippen LogP contribution in [0.15, 0.2) is 22.7 Å². The zero-order chi connectivity index (χ0) is 13.9. The van der Waals surface area contributed by atoms with Crippen molar-refractivity contribution in [1.82, 2.24) is 5.32 Å². The summed E-state index contributed by atoms with van der Waals surface area (Å²) in [6, 6.07) is 4.70. The highest BCUT2D eigenvalue weighted by Crippen LogP contribution is 2.29. The Labute approximate surface area is 121 Å². The molecule has 2 rings (SSSR count). The van der Waals surface area contributed by atoms with Crippen molar-refractivity contribution in [3.63, 3.8) is 0 Å². The molecular weight excluding hydrogens is 312 g/mol. The molecule has 19 heavy (non-hydrogen) atoms. The molecule has 106 valence electrons. The minimum atomic E-state index is -1.27. The third-order valence-electron chi connectivity index (χ3n) is 3.66. The summed E-state index contributed by atoms with van der Waals surface area (Å²) in [4.78, 5) is 0. The van der Waals surface area contributed by atoms with E-state index in [-0.39, 0.29) is 11.9 Å². The van der Waals surface area contributed by atoms with Crippen molar-refractivity contribution in [3.05, 3.63) is 34.1 Å². The molecule has 0 aliphatic carbocycles. The lowest BCUT2D eigenvalue weighted by atomic mass is 9.88. The standard InChI is InChI=1S/C15H20BrF2N/c1-15(18,10-13-4-2-3-7-19-13)9-11-5-6-12(17)8-14(11)16/h5-6,8,13,19H,2-4,7,9-10H2,1H3. The van der Waals surface area contributed by atoms with Gasteiger partial charge in [-0.15, -0.1) is 0 Å². The van der Waals surface area contributed by atoms with Crippen molar-refractivity contribution in [2.75, 3.05) is 6.54 Å². The Kier molecular flexibility index (Phi) is 4.96. The molecule has 1 heterocycles. The van der Waals surface area contributed by atoms with E-state index in [0.717, 1.165) is 18.5 Å². The minimum absolute atomic E-state index is 0.267. The van der Waals surface area contributed by atoms with Gasteiger partial charge in [0.1, 0.15) is 11.5 Å². The van der Waals surface area contributed by atoms with Gasteiger partial charge in [0.15, 0.2) is 0 Å². The van der Waals surface area contributed by atoms with Crippen LogP contribution in [0, 0.1) is 5.82 Å². The highest BCUT2D eigenvalue weighted by molar-refractivity contribution is 9.10. The Bertz CT molecular complexity index is 428. The smallest absolute Gasteiger partial charge is 0.124 e. The molecule has 4 heteroatoms. The van der Waals surface area contributed by atoms with Gasteiger partial charge in [0, 0.05) is 16.9 Å². The van der Waals surface area contributed by atoms with E-state index >= 15 is 0 Å². The molecule has 1 aliphatic heterocycles. The Balaban J connectivity index is 1.99. The minimum Gasteiger partial charge on any atom is -0.314 e. The van der Waals surface area contributed by atoms with Gasteiger partial charge < -0.3 is 5.32 Å². The van der Waals surface area contributed by atoms with Gasteiger partial charge in [0.2, 0.25) is 0 Å². The normalized spacial score (nSPS) is 23.1. The van der Waals surface area contributed by atoms with Gasteiger partial charge >= 0.3 is 0 Å². The fourth-order valence-corrected chi connectivity index (χ4v) is 3.24. The summed E-state index contributed by atoms with van der Waals surface area (Å²) in [5.41, 5.74) is -0.447. The summed E-state index contributed by atoms with van der Waals surface area (Å²) in [6.45, 7) is 2.63. The van der Waals surface area contributed by atoms with Crippen LogP contribution >= 0.6 is 15.9 Å². The van der Waals surface area contributed by atoms with E-state index in [4.69, 9.17) is 0 Å². The molecule has 1 aliphatic rings. The first-order chi connectivity index (χ1) is 8.96. The molecule has 0 saturated carbocycles. The lowest BCUT2D eigenvalue weighted by molar-refractivity contribution is 0.145. The van der Waals surface area contributed by atoms with E-state index < -0.39 is 5.67 Å². The molecule has 2 atom stereocenters. The van der Waals surface area contributed by atoms with E-state index in [0.29, 0.717) is 17.3 Å². The van der Waals surface area contributed by atoms with Crippen molar-refractivity contribution in [2.24, 2.45) is 0 Å². The second-order valence-corrected chi connectivity index (χ2v) is 6.53. The molecule has 1 N–H and O–H groups in total. The number of hydrogen-bond donors (Lipinski definition) is 1. The number of halogens is 3. The average molecular weight is 332 g/mol. The van der Waals surface area contributed by atoms with Crippen LogP contribution in [-0.2, 0) is 6.42 Å². The lowest BCUT2D eigenvalue weighted by Gasteiger charge is -2.30. The highest BCUT2D eigenvalue weighted by atomic mass is 79.9. The predicted octanol–water partition coefficient (Wildman–Crippen LogP) is 4.39. The molecule has 1 aromatic rings. The molecule has 0 aromatic heterocycles. The highest BCUT2D eigenvalue weighted by Gasteiger charge is 2.29. The average Bonchev–Trinajstić information content (AvgIpc) is 2.33. The Morgan fingerprint density at radius 3 is 2.84 bits per heavy atom. The first-order valence-corrected chi connectivity index (χ1v) is 7.62. The lowest BCUT2D eigenvalue weighted by Crippen LogP contribution is -2.40. The van der Waals surface area contributed by atoms with Crippen molar-refractivity contribution in [1.29, 1.82) is 0 Å². The van der Waals surface area contributed by atoms with Gasteiger partial charge in [-0.05, 0) is 50.4 Å². The third-order valence-corrected chi connectivity index (χ3v) is 4.40. The van der Waals surface area contributed by atoms with Crippen molar-refractivity contribution in [2.45, 2.75) is 50.7 Å². The summed E-state index contributed by atoms with van der Waals surface area (Å²) in [6.07, 6.45) is 4.23. The zero-order valence-electron chi connectivity index (χ0n) is 11.2. The molecule has 1 fully saturated rings. The number of piperidine rings is 1. The first-order valence-electron chi connectivity index (χ1n) is 6.82. The number of rotatable bonds is 4. The SMILES string of the molecule is CC(F)(Cc1ccc(F)cc1Br)CC1CCCCN1. The van der Waals surface area contributed by atoms with Crippen LogP contribution in [0.3, 0.4) is 0 Å². The summed E-state index contributed by atoms with van der Waals surface area (Å²) >= 11 is 3.30. The number of benzene rings is 1. The molecule has 0 amide bonds. The molecule has 0 spiro atoms. The molecule has 1 aromatic carbocycles. The third kappa shape index (κ3) is 4.53. The Morgan fingerprint density at radius 1 is 1.42 bits per heavy atom. The second kappa shape index (κ2) is 6.31. The summed E-state index contributed by atoms with van der Waals surface area (Å²) < 4.78 is 28.4. The van der Waals surface area contributed by atoms with Gasteiger partial charge in [-0.3, -0.25) is 0 Å². The van der Waals surface area contributed by atoms with Gasteiger partial charge in [0.25, 0.3) is 0 Å².